The molecule has 0 aliphatic heterocycles. The Morgan fingerprint density at radius 2 is 1.88 bits per heavy atom. The molecule has 1 amide bonds. The number of benzene rings is 1. The molecular weight excluding hydrogens is 365 g/mol. The molecule has 25 heavy (non-hydrogen) atoms. The van der Waals surface area contributed by atoms with Crippen molar-refractivity contribution in [3.8, 4) is 0 Å². The van der Waals surface area contributed by atoms with Gasteiger partial charge in [0.25, 0.3) is 0 Å². The number of thioether (sulfide) groups is 1. The Kier molecular flexibility index (Phi) is 7.75. The van der Waals surface area contributed by atoms with E-state index in [1.165, 1.54) is 6.07 Å². The molecule has 1 unspecified atom stereocenters. The van der Waals surface area contributed by atoms with Gasteiger partial charge in [0, 0.05) is 11.3 Å². The summed E-state index contributed by atoms with van der Waals surface area (Å²) in [7, 11) is 0. The monoisotopic (exact) mass is 389 g/mol. The third-order valence-electron chi connectivity index (χ3n) is 2.93. The molecule has 0 aromatic heterocycles. The van der Waals surface area contributed by atoms with Crippen molar-refractivity contribution in [2.24, 2.45) is 5.92 Å². The zero-order valence-corrected chi connectivity index (χ0v) is 17.0. The molecule has 0 spiro atoms. The van der Waals surface area contributed by atoms with Crippen molar-refractivity contribution in [1.82, 2.24) is 0 Å². The Labute approximate surface area is 157 Å². The number of amides is 1. The second-order valence-corrected chi connectivity index (χ2v) is 8.99. The highest BCUT2D eigenvalue weighted by molar-refractivity contribution is 8.00. The SMILES string of the molecule is CC(C)CC(=O)Nc1cc(SC(C)C(=O)OC(C)(C)C)c(Cl)cc1F. The van der Waals surface area contributed by atoms with Gasteiger partial charge in [-0.3, -0.25) is 9.59 Å². The Balaban J connectivity index is 2.91. The maximum absolute atomic E-state index is 14.0. The van der Waals surface area contributed by atoms with E-state index in [4.69, 9.17) is 16.3 Å². The predicted octanol–water partition coefficient (Wildman–Crippen LogP) is 5.29. The lowest BCUT2D eigenvalue weighted by molar-refractivity contribution is -0.153. The molecule has 0 saturated heterocycles. The second-order valence-electron chi connectivity index (χ2n) is 7.20. The van der Waals surface area contributed by atoms with Crippen LogP contribution in [0.1, 0.15) is 48.0 Å². The smallest absolute Gasteiger partial charge is 0.319 e. The summed E-state index contributed by atoms with van der Waals surface area (Å²) in [5.41, 5.74) is -0.539. The molecule has 1 aromatic carbocycles. The van der Waals surface area contributed by atoms with E-state index in [9.17, 15) is 14.0 Å². The van der Waals surface area contributed by atoms with Crippen LogP contribution in [0.2, 0.25) is 5.02 Å². The number of rotatable bonds is 6. The molecule has 140 valence electrons. The zero-order valence-electron chi connectivity index (χ0n) is 15.4. The Bertz CT molecular complexity index is 644. The number of hydrogen-bond acceptors (Lipinski definition) is 4. The molecule has 4 nitrogen and oxygen atoms in total. The molecule has 1 rings (SSSR count). The number of ether oxygens (including phenoxy) is 1. The molecule has 1 atom stereocenters. The van der Waals surface area contributed by atoms with E-state index >= 15 is 0 Å². The van der Waals surface area contributed by atoms with Crippen LogP contribution < -0.4 is 5.32 Å². The van der Waals surface area contributed by atoms with E-state index in [0.717, 1.165) is 17.8 Å². The van der Waals surface area contributed by atoms with E-state index in [-0.39, 0.29) is 28.5 Å². The fourth-order valence-corrected chi connectivity index (χ4v) is 3.08. The average Bonchev–Trinajstić information content (AvgIpc) is 2.41. The van der Waals surface area contributed by atoms with Gasteiger partial charge in [-0.25, -0.2) is 4.39 Å². The minimum atomic E-state index is -0.614. The highest BCUT2D eigenvalue weighted by Crippen LogP contribution is 2.35. The Hall–Kier alpha value is -1.27. The van der Waals surface area contributed by atoms with Gasteiger partial charge in [-0.15, -0.1) is 11.8 Å². The van der Waals surface area contributed by atoms with Crippen molar-refractivity contribution in [2.45, 2.75) is 63.7 Å². The minimum Gasteiger partial charge on any atom is -0.459 e. The predicted molar refractivity (Wildman–Crippen MR) is 101 cm³/mol. The van der Waals surface area contributed by atoms with Crippen LogP contribution >= 0.6 is 23.4 Å². The summed E-state index contributed by atoms with van der Waals surface area (Å²) in [5, 5.41) is 2.20. The van der Waals surface area contributed by atoms with Gasteiger partial charge in [-0.05, 0) is 45.7 Å². The van der Waals surface area contributed by atoms with Crippen molar-refractivity contribution < 1.29 is 18.7 Å². The van der Waals surface area contributed by atoms with Gasteiger partial charge in [-0.1, -0.05) is 25.4 Å². The quantitative estimate of drug-likeness (QED) is 0.530. The molecule has 0 bridgehead atoms. The third kappa shape index (κ3) is 7.65. The number of nitrogens with one attached hydrogen (secondary N) is 1. The largest absolute Gasteiger partial charge is 0.459 e. The number of carbonyl (C=O) groups excluding carboxylic acids is 2. The van der Waals surface area contributed by atoms with Gasteiger partial charge in [-0.2, -0.15) is 0 Å². The first-order valence-corrected chi connectivity index (χ1v) is 9.33. The summed E-state index contributed by atoms with van der Waals surface area (Å²) < 4.78 is 19.4. The van der Waals surface area contributed by atoms with E-state index in [1.807, 2.05) is 13.8 Å². The number of carbonyl (C=O) groups is 2. The molecule has 0 fully saturated rings. The first-order valence-electron chi connectivity index (χ1n) is 8.07. The normalized spacial score (nSPS) is 12.8. The van der Waals surface area contributed by atoms with Crippen molar-refractivity contribution >= 4 is 40.9 Å². The van der Waals surface area contributed by atoms with E-state index < -0.39 is 16.7 Å². The summed E-state index contributed by atoms with van der Waals surface area (Å²) in [6, 6.07) is 2.58. The van der Waals surface area contributed by atoms with Crippen LogP contribution in [0.5, 0.6) is 0 Å². The van der Waals surface area contributed by atoms with Gasteiger partial charge in [0.15, 0.2) is 0 Å². The molecule has 1 aromatic rings. The molecule has 0 radical (unpaired) electrons. The van der Waals surface area contributed by atoms with Crippen LogP contribution in [-0.4, -0.2) is 22.7 Å². The molecule has 0 saturated carbocycles. The molecule has 0 heterocycles. The standard InChI is InChI=1S/C18H25ClFNO3S/c1-10(2)7-16(22)21-14-9-15(12(19)8-13(14)20)25-11(3)17(23)24-18(4,5)6/h8-11H,7H2,1-6H3,(H,21,22). The minimum absolute atomic E-state index is 0.0499. The van der Waals surface area contributed by atoms with Gasteiger partial charge >= 0.3 is 5.97 Å². The molecule has 0 aliphatic carbocycles. The van der Waals surface area contributed by atoms with Crippen LogP contribution in [0.25, 0.3) is 0 Å². The Morgan fingerprint density at radius 3 is 2.40 bits per heavy atom. The lowest BCUT2D eigenvalue weighted by Gasteiger charge is -2.22. The first-order chi connectivity index (χ1) is 11.4. The summed E-state index contributed by atoms with van der Waals surface area (Å²) in [4.78, 5) is 24.5. The van der Waals surface area contributed by atoms with Crippen molar-refractivity contribution in [3.05, 3.63) is 23.0 Å². The van der Waals surface area contributed by atoms with Crippen molar-refractivity contribution in [3.63, 3.8) is 0 Å². The number of hydrogen-bond donors (Lipinski definition) is 1. The van der Waals surface area contributed by atoms with Crippen molar-refractivity contribution in [2.75, 3.05) is 5.32 Å². The van der Waals surface area contributed by atoms with Crippen LogP contribution in [0.15, 0.2) is 17.0 Å². The number of esters is 1. The highest BCUT2D eigenvalue weighted by Gasteiger charge is 2.24. The van der Waals surface area contributed by atoms with Gasteiger partial charge < -0.3 is 10.1 Å². The summed E-state index contributed by atoms with van der Waals surface area (Å²) >= 11 is 7.24. The zero-order chi connectivity index (χ0) is 19.4. The Morgan fingerprint density at radius 1 is 1.28 bits per heavy atom. The average molecular weight is 390 g/mol. The number of halogens is 2. The molecule has 0 aliphatic rings. The van der Waals surface area contributed by atoms with Crippen LogP contribution in [0.3, 0.4) is 0 Å². The van der Waals surface area contributed by atoms with E-state index in [1.54, 1.807) is 27.7 Å². The van der Waals surface area contributed by atoms with Crippen LogP contribution in [-0.2, 0) is 14.3 Å². The fraction of sp³-hybridized carbons (Fsp3) is 0.556. The van der Waals surface area contributed by atoms with Crippen LogP contribution in [0.4, 0.5) is 10.1 Å². The lowest BCUT2D eigenvalue weighted by Crippen LogP contribution is -2.28. The summed E-state index contributed by atoms with van der Waals surface area (Å²) in [6.45, 7) is 10.9. The van der Waals surface area contributed by atoms with E-state index in [0.29, 0.717) is 11.3 Å². The highest BCUT2D eigenvalue weighted by atomic mass is 35.5. The molecular formula is C18H25ClFNO3S. The van der Waals surface area contributed by atoms with Crippen LogP contribution in [0, 0.1) is 11.7 Å². The van der Waals surface area contributed by atoms with Gasteiger partial charge in [0.1, 0.15) is 16.7 Å². The van der Waals surface area contributed by atoms with Gasteiger partial charge in [0.2, 0.25) is 5.91 Å². The second kappa shape index (κ2) is 8.90. The fourth-order valence-electron chi connectivity index (χ4n) is 1.91. The maximum atomic E-state index is 14.0. The first kappa shape index (κ1) is 21.8. The third-order valence-corrected chi connectivity index (χ3v) is 4.49. The lowest BCUT2D eigenvalue weighted by atomic mass is 10.1. The van der Waals surface area contributed by atoms with Gasteiger partial charge in [0.05, 0.1) is 10.7 Å². The summed E-state index contributed by atoms with van der Waals surface area (Å²) in [5.74, 6) is -1.11. The van der Waals surface area contributed by atoms with Crippen molar-refractivity contribution in [1.29, 1.82) is 0 Å². The summed E-state index contributed by atoms with van der Waals surface area (Å²) in [6.07, 6.45) is 0.291. The van der Waals surface area contributed by atoms with E-state index in [2.05, 4.69) is 5.32 Å². The number of anilines is 1. The molecule has 7 heteroatoms. The topological polar surface area (TPSA) is 55.4 Å². The maximum Gasteiger partial charge on any atom is 0.319 e. The molecule has 1 N–H and O–H groups in total.